The number of ether oxygens (including phenoxy) is 2. The Kier molecular flexibility index (Phi) is 7.26. The molecule has 0 radical (unpaired) electrons. The normalized spacial score (nSPS) is 16.1. The fourth-order valence-corrected chi connectivity index (χ4v) is 5.25. The van der Waals surface area contributed by atoms with Crippen LogP contribution in [0.2, 0.25) is 0 Å². The smallest absolute Gasteiger partial charge is 0.305 e. The number of nitrogens with zero attached hydrogens (tertiary/aromatic N) is 1. The molecule has 5 rings (SSSR count). The van der Waals surface area contributed by atoms with Gasteiger partial charge >= 0.3 is 5.97 Å². The fourth-order valence-electron chi connectivity index (χ4n) is 5.25. The van der Waals surface area contributed by atoms with Crippen LogP contribution in [0.3, 0.4) is 0 Å². The van der Waals surface area contributed by atoms with Crippen LogP contribution in [0.5, 0.6) is 5.88 Å². The summed E-state index contributed by atoms with van der Waals surface area (Å²) in [5.41, 5.74) is 2.78. The highest BCUT2D eigenvalue weighted by Gasteiger charge is 2.41. The van der Waals surface area contributed by atoms with Crippen molar-refractivity contribution < 1.29 is 23.0 Å². The molecule has 6 nitrogen and oxygen atoms in total. The van der Waals surface area contributed by atoms with Crippen molar-refractivity contribution in [2.24, 2.45) is 5.92 Å². The van der Waals surface area contributed by atoms with E-state index in [0.717, 1.165) is 29.5 Å². The number of carbonyl (C=O) groups is 1. The maximum Gasteiger partial charge on any atom is 0.305 e. The molecule has 3 aromatic rings. The van der Waals surface area contributed by atoms with Crippen molar-refractivity contribution in [3.05, 3.63) is 83.1 Å². The van der Waals surface area contributed by atoms with Crippen LogP contribution < -0.4 is 15.4 Å². The average molecular weight is 508 g/mol. The number of hydrogen-bond acceptors (Lipinski definition) is 6. The van der Waals surface area contributed by atoms with Crippen molar-refractivity contribution >= 4 is 17.3 Å². The number of rotatable bonds is 9. The van der Waals surface area contributed by atoms with Gasteiger partial charge in [-0.1, -0.05) is 37.1 Å². The molecular weight excluding hydrogens is 476 g/mol. The Morgan fingerprint density at radius 3 is 2.32 bits per heavy atom. The molecule has 0 atom stereocenters. The Hall–Kier alpha value is -3.68. The maximum atomic E-state index is 14.1. The van der Waals surface area contributed by atoms with Gasteiger partial charge in [0.15, 0.2) is 11.6 Å². The van der Waals surface area contributed by atoms with E-state index < -0.39 is 17.3 Å². The van der Waals surface area contributed by atoms with Crippen LogP contribution in [0.4, 0.5) is 20.2 Å². The van der Waals surface area contributed by atoms with Crippen LogP contribution >= 0.6 is 0 Å². The van der Waals surface area contributed by atoms with Crippen LogP contribution in [0.15, 0.2) is 54.7 Å². The summed E-state index contributed by atoms with van der Waals surface area (Å²) in [5, 5.41) is 6.83. The number of carbonyl (C=O) groups excluding carboxylic acids is 1. The molecule has 194 valence electrons. The van der Waals surface area contributed by atoms with E-state index in [9.17, 15) is 13.6 Å². The first kappa shape index (κ1) is 25.0. The SMILES string of the molecule is COC(=O)CCc1ccc(CC2(c3cccnc3OCC3CCCC3)Nc3cc(F)c(F)cc3N2)cc1. The molecule has 2 aliphatic rings. The first-order valence-corrected chi connectivity index (χ1v) is 12.7. The molecule has 1 aliphatic heterocycles. The summed E-state index contributed by atoms with van der Waals surface area (Å²) in [6.07, 6.45) is 7.78. The number of nitrogens with one attached hydrogen (secondary N) is 2. The quantitative estimate of drug-likeness (QED) is 0.348. The lowest BCUT2D eigenvalue weighted by Gasteiger charge is -2.33. The number of esters is 1. The molecule has 37 heavy (non-hydrogen) atoms. The molecule has 0 unspecified atom stereocenters. The molecule has 2 N–H and O–H groups in total. The van der Waals surface area contributed by atoms with Crippen LogP contribution in [0.25, 0.3) is 0 Å². The number of fused-ring (bicyclic) bond motifs is 1. The summed E-state index contributed by atoms with van der Waals surface area (Å²) in [6, 6.07) is 14.1. The number of anilines is 2. The minimum Gasteiger partial charge on any atom is -0.477 e. The van der Waals surface area contributed by atoms with Gasteiger partial charge in [-0.25, -0.2) is 13.8 Å². The molecule has 2 aromatic carbocycles. The molecule has 8 heteroatoms. The third-order valence-electron chi connectivity index (χ3n) is 7.26. The van der Waals surface area contributed by atoms with Crippen molar-refractivity contribution in [2.75, 3.05) is 24.4 Å². The molecule has 2 heterocycles. The van der Waals surface area contributed by atoms with Crippen LogP contribution in [0.1, 0.15) is 48.8 Å². The zero-order valence-electron chi connectivity index (χ0n) is 20.9. The van der Waals surface area contributed by atoms with E-state index in [4.69, 9.17) is 9.47 Å². The van der Waals surface area contributed by atoms with Crippen molar-refractivity contribution in [1.29, 1.82) is 0 Å². The molecule has 0 spiro atoms. The Bertz CT molecular complexity index is 1230. The van der Waals surface area contributed by atoms with Crippen molar-refractivity contribution in [2.45, 2.75) is 50.6 Å². The third kappa shape index (κ3) is 5.53. The summed E-state index contributed by atoms with van der Waals surface area (Å²) in [5.74, 6) is -1.07. The van der Waals surface area contributed by atoms with Crippen LogP contribution in [-0.4, -0.2) is 24.7 Å². The number of aromatic nitrogens is 1. The maximum absolute atomic E-state index is 14.1. The summed E-state index contributed by atoms with van der Waals surface area (Å²) in [4.78, 5) is 16.0. The van der Waals surface area contributed by atoms with Gasteiger partial charge in [-0.05, 0) is 48.4 Å². The average Bonchev–Trinajstić information content (AvgIpc) is 3.55. The number of methoxy groups -OCH3 is 1. The van der Waals surface area contributed by atoms with E-state index in [1.807, 2.05) is 36.4 Å². The van der Waals surface area contributed by atoms with Gasteiger partial charge in [0.2, 0.25) is 5.88 Å². The summed E-state index contributed by atoms with van der Waals surface area (Å²) in [6.45, 7) is 0.588. The first-order valence-electron chi connectivity index (χ1n) is 12.7. The van der Waals surface area contributed by atoms with Crippen LogP contribution in [0, 0.1) is 17.6 Å². The predicted molar refractivity (Wildman–Crippen MR) is 137 cm³/mol. The van der Waals surface area contributed by atoms with Gasteiger partial charge in [0.1, 0.15) is 5.66 Å². The number of benzene rings is 2. The number of pyridine rings is 1. The van der Waals surface area contributed by atoms with Gasteiger partial charge in [0, 0.05) is 31.2 Å². The van der Waals surface area contributed by atoms with Gasteiger partial charge < -0.3 is 20.1 Å². The second-order valence-corrected chi connectivity index (χ2v) is 9.85. The van der Waals surface area contributed by atoms with Crippen molar-refractivity contribution in [3.63, 3.8) is 0 Å². The minimum absolute atomic E-state index is 0.249. The monoisotopic (exact) mass is 507 g/mol. The van der Waals surface area contributed by atoms with E-state index in [1.54, 1.807) is 6.20 Å². The molecule has 0 bridgehead atoms. The number of hydrogen-bond donors (Lipinski definition) is 2. The van der Waals surface area contributed by atoms with Crippen LogP contribution in [-0.2, 0) is 28.0 Å². The van der Waals surface area contributed by atoms with Gasteiger partial charge in [-0.3, -0.25) is 4.79 Å². The van der Waals surface area contributed by atoms with Gasteiger partial charge in [-0.2, -0.15) is 0 Å². The van der Waals surface area contributed by atoms with E-state index in [2.05, 4.69) is 15.6 Å². The fraction of sp³-hybridized carbons (Fsp3) is 0.379. The van der Waals surface area contributed by atoms with E-state index in [-0.39, 0.29) is 5.97 Å². The second kappa shape index (κ2) is 10.7. The summed E-state index contributed by atoms with van der Waals surface area (Å²) >= 11 is 0. The third-order valence-corrected chi connectivity index (χ3v) is 7.26. The lowest BCUT2D eigenvalue weighted by atomic mass is 9.92. The lowest BCUT2D eigenvalue weighted by molar-refractivity contribution is -0.140. The highest BCUT2D eigenvalue weighted by molar-refractivity contribution is 5.78. The van der Waals surface area contributed by atoms with Crippen molar-refractivity contribution in [3.8, 4) is 5.88 Å². The molecule has 0 amide bonds. The van der Waals surface area contributed by atoms with Crippen molar-refractivity contribution in [1.82, 2.24) is 4.98 Å². The summed E-state index contributed by atoms with van der Waals surface area (Å²) in [7, 11) is 1.38. The Labute approximate surface area is 215 Å². The summed E-state index contributed by atoms with van der Waals surface area (Å²) < 4.78 is 39.2. The Balaban J connectivity index is 1.44. The minimum atomic E-state index is -0.935. The van der Waals surface area contributed by atoms with E-state index in [0.29, 0.717) is 49.0 Å². The molecular formula is C29H31F2N3O3. The highest BCUT2D eigenvalue weighted by atomic mass is 19.2. The van der Waals surface area contributed by atoms with Gasteiger partial charge in [0.25, 0.3) is 0 Å². The first-order chi connectivity index (χ1) is 18.0. The van der Waals surface area contributed by atoms with Gasteiger partial charge in [-0.15, -0.1) is 0 Å². The molecule has 1 fully saturated rings. The standard InChI is InChI=1S/C29H31F2N3O3/c1-36-27(35)13-12-19-8-10-20(11-9-19)17-29(33-25-15-23(30)24(31)16-26(25)34-29)22-7-4-14-32-28(22)37-18-21-5-2-3-6-21/h4,7-11,14-16,21,33-34H,2-3,5-6,12-13,17-18H2,1H3. The lowest BCUT2D eigenvalue weighted by Crippen LogP contribution is -2.41. The van der Waals surface area contributed by atoms with Gasteiger partial charge in [0.05, 0.1) is 30.7 Å². The topological polar surface area (TPSA) is 72.5 Å². The predicted octanol–water partition coefficient (Wildman–Crippen LogP) is 5.97. The largest absolute Gasteiger partial charge is 0.477 e. The van der Waals surface area contributed by atoms with E-state index >= 15 is 0 Å². The molecule has 1 aliphatic carbocycles. The Morgan fingerprint density at radius 1 is 1.03 bits per heavy atom. The number of aryl methyl sites for hydroxylation is 1. The van der Waals surface area contributed by atoms with E-state index in [1.165, 1.54) is 32.1 Å². The molecule has 1 aromatic heterocycles. The number of halogens is 2. The zero-order chi connectivity index (χ0) is 25.8. The molecule has 1 saturated carbocycles. The highest BCUT2D eigenvalue weighted by Crippen LogP contribution is 2.44. The molecule has 0 saturated heterocycles. The Morgan fingerprint density at radius 2 is 1.68 bits per heavy atom. The second-order valence-electron chi connectivity index (χ2n) is 9.85. The zero-order valence-corrected chi connectivity index (χ0v) is 20.9.